The third kappa shape index (κ3) is 3.31. The summed E-state index contributed by atoms with van der Waals surface area (Å²) in [5.74, 6) is 0.813. The number of nitrogen functional groups attached to an aromatic ring is 1. The second-order valence-corrected chi connectivity index (χ2v) is 5.27. The van der Waals surface area contributed by atoms with Crippen LogP contribution in [0.3, 0.4) is 0 Å². The highest BCUT2D eigenvalue weighted by molar-refractivity contribution is 9.10. The van der Waals surface area contributed by atoms with Gasteiger partial charge in [0.05, 0.1) is 5.02 Å². The topological polar surface area (TPSA) is 63.8 Å². The fourth-order valence-corrected chi connectivity index (χ4v) is 2.09. The van der Waals surface area contributed by atoms with Crippen LogP contribution >= 0.6 is 43.5 Å². The van der Waals surface area contributed by atoms with Crippen LogP contribution in [0.5, 0.6) is 0 Å². The second kappa shape index (κ2) is 5.20. The highest BCUT2D eigenvalue weighted by Crippen LogP contribution is 2.27. The molecular formula is C10H7Br2ClN4. The Balaban J connectivity index is 2.28. The molecule has 2 aromatic rings. The Labute approximate surface area is 120 Å². The molecule has 7 heteroatoms. The number of rotatable bonds is 2. The lowest BCUT2D eigenvalue weighted by molar-refractivity contribution is 1.15. The molecular weight excluding hydrogens is 371 g/mol. The van der Waals surface area contributed by atoms with Crippen molar-refractivity contribution >= 4 is 60.9 Å². The zero-order valence-corrected chi connectivity index (χ0v) is 12.3. The molecule has 0 aliphatic carbocycles. The van der Waals surface area contributed by atoms with Gasteiger partial charge < -0.3 is 11.1 Å². The van der Waals surface area contributed by atoms with Crippen molar-refractivity contribution in [2.75, 3.05) is 11.1 Å². The molecule has 0 aliphatic rings. The van der Waals surface area contributed by atoms with Crippen LogP contribution in [-0.4, -0.2) is 9.97 Å². The van der Waals surface area contributed by atoms with E-state index in [0.29, 0.717) is 21.4 Å². The molecule has 0 bridgehead atoms. The third-order valence-corrected chi connectivity index (χ3v) is 3.51. The predicted octanol–water partition coefficient (Wildman–Crippen LogP) is 3.98. The lowest BCUT2D eigenvalue weighted by Crippen LogP contribution is -2.00. The molecule has 17 heavy (non-hydrogen) atoms. The molecule has 3 N–H and O–H groups in total. The third-order valence-electron chi connectivity index (χ3n) is 1.89. The molecule has 0 atom stereocenters. The SMILES string of the molecule is Nc1cc(Br)nc(Nc2ccc(Cl)c(Br)c2)n1. The normalized spacial score (nSPS) is 10.3. The number of hydrogen-bond donors (Lipinski definition) is 2. The molecule has 1 aromatic carbocycles. The Morgan fingerprint density at radius 1 is 1.18 bits per heavy atom. The van der Waals surface area contributed by atoms with E-state index in [1.807, 2.05) is 12.1 Å². The molecule has 0 saturated heterocycles. The Morgan fingerprint density at radius 3 is 2.59 bits per heavy atom. The summed E-state index contributed by atoms with van der Waals surface area (Å²) in [6, 6.07) is 7.06. The van der Waals surface area contributed by atoms with Crippen LogP contribution in [0.15, 0.2) is 33.3 Å². The number of hydrogen-bond acceptors (Lipinski definition) is 4. The molecule has 0 fully saturated rings. The summed E-state index contributed by atoms with van der Waals surface area (Å²) in [5.41, 5.74) is 6.43. The van der Waals surface area contributed by atoms with Crippen LogP contribution < -0.4 is 11.1 Å². The minimum absolute atomic E-state index is 0.391. The van der Waals surface area contributed by atoms with E-state index in [-0.39, 0.29) is 0 Å². The van der Waals surface area contributed by atoms with Gasteiger partial charge in [-0.3, -0.25) is 0 Å². The van der Waals surface area contributed by atoms with Crippen molar-refractivity contribution in [3.8, 4) is 0 Å². The van der Waals surface area contributed by atoms with Crippen LogP contribution in [0.2, 0.25) is 5.02 Å². The Kier molecular flexibility index (Phi) is 3.86. The largest absolute Gasteiger partial charge is 0.383 e. The number of nitrogens with zero attached hydrogens (tertiary/aromatic N) is 2. The van der Waals surface area contributed by atoms with Gasteiger partial charge in [-0.05, 0) is 50.1 Å². The monoisotopic (exact) mass is 376 g/mol. The highest BCUT2D eigenvalue weighted by atomic mass is 79.9. The van der Waals surface area contributed by atoms with Crippen LogP contribution in [0.1, 0.15) is 0 Å². The quantitative estimate of drug-likeness (QED) is 0.776. The van der Waals surface area contributed by atoms with Crippen LogP contribution in [-0.2, 0) is 0 Å². The van der Waals surface area contributed by atoms with Gasteiger partial charge in [0.2, 0.25) is 5.95 Å². The summed E-state index contributed by atoms with van der Waals surface area (Å²) in [7, 11) is 0. The zero-order chi connectivity index (χ0) is 12.4. The molecule has 1 heterocycles. The molecule has 2 rings (SSSR count). The summed E-state index contributed by atoms with van der Waals surface area (Å²) in [6.45, 7) is 0. The maximum absolute atomic E-state index is 5.90. The van der Waals surface area contributed by atoms with E-state index in [1.54, 1.807) is 12.1 Å². The summed E-state index contributed by atoms with van der Waals surface area (Å²) in [6.07, 6.45) is 0. The minimum atomic E-state index is 0.391. The average molecular weight is 378 g/mol. The Morgan fingerprint density at radius 2 is 1.94 bits per heavy atom. The van der Waals surface area contributed by atoms with Gasteiger partial charge in [0.25, 0.3) is 0 Å². The molecule has 0 amide bonds. The lowest BCUT2D eigenvalue weighted by Gasteiger charge is -2.06. The average Bonchev–Trinajstić information content (AvgIpc) is 2.22. The maximum atomic E-state index is 5.90. The van der Waals surface area contributed by atoms with Gasteiger partial charge in [-0.15, -0.1) is 0 Å². The Bertz CT molecular complexity index is 542. The van der Waals surface area contributed by atoms with E-state index in [1.165, 1.54) is 0 Å². The number of benzene rings is 1. The molecule has 88 valence electrons. The second-order valence-electron chi connectivity index (χ2n) is 3.19. The summed E-state index contributed by atoms with van der Waals surface area (Å²) < 4.78 is 1.42. The maximum Gasteiger partial charge on any atom is 0.230 e. The number of nitrogens with one attached hydrogen (secondary N) is 1. The molecule has 1 aromatic heterocycles. The summed E-state index contributed by atoms with van der Waals surface area (Å²) in [5, 5.41) is 3.68. The van der Waals surface area contributed by atoms with Crippen LogP contribution in [0.4, 0.5) is 17.5 Å². The van der Waals surface area contributed by atoms with Crippen molar-refractivity contribution in [2.24, 2.45) is 0 Å². The smallest absolute Gasteiger partial charge is 0.230 e. The van der Waals surface area contributed by atoms with Crippen molar-refractivity contribution in [3.05, 3.63) is 38.4 Å². The van der Waals surface area contributed by atoms with Crippen LogP contribution in [0, 0.1) is 0 Å². The first-order valence-corrected chi connectivity index (χ1v) is 6.53. The van der Waals surface area contributed by atoms with Crippen LogP contribution in [0.25, 0.3) is 0 Å². The fourth-order valence-electron chi connectivity index (χ4n) is 1.19. The van der Waals surface area contributed by atoms with E-state index in [9.17, 15) is 0 Å². The summed E-state index contributed by atoms with van der Waals surface area (Å²) in [4.78, 5) is 8.21. The predicted molar refractivity (Wildman–Crippen MR) is 76.6 cm³/mol. The molecule has 0 aliphatic heterocycles. The van der Waals surface area contributed by atoms with Crippen molar-refractivity contribution < 1.29 is 0 Å². The lowest BCUT2D eigenvalue weighted by atomic mass is 10.3. The molecule has 4 nitrogen and oxygen atoms in total. The van der Waals surface area contributed by atoms with Crippen molar-refractivity contribution in [1.29, 1.82) is 0 Å². The molecule has 0 spiro atoms. The first kappa shape index (κ1) is 12.6. The van der Waals surface area contributed by atoms with Crippen molar-refractivity contribution in [1.82, 2.24) is 9.97 Å². The van der Waals surface area contributed by atoms with Gasteiger partial charge in [-0.1, -0.05) is 11.6 Å². The standard InChI is InChI=1S/C10H7Br2ClN4/c11-6-3-5(1-2-7(6)13)15-10-16-8(12)4-9(14)17-10/h1-4H,(H3,14,15,16,17). The molecule has 0 radical (unpaired) electrons. The minimum Gasteiger partial charge on any atom is -0.383 e. The molecule has 0 unspecified atom stereocenters. The number of halogens is 3. The highest BCUT2D eigenvalue weighted by Gasteiger charge is 2.03. The van der Waals surface area contributed by atoms with E-state index >= 15 is 0 Å². The van der Waals surface area contributed by atoms with E-state index in [4.69, 9.17) is 17.3 Å². The van der Waals surface area contributed by atoms with Gasteiger partial charge in [-0.25, -0.2) is 4.98 Å². The van der Waals surface area contributed by atoms with Crippen molar-refractivity contribution in [2.45, 2.75) is 0 Å². The van der Waals surface area contributed by atoms with Gasteiger partial charge >= 0.3 is 0 Å². The first-order valence-electron chi connectivity index (χ1n) is 4.57. The van der Waals surface area contributed by atoms with Gasteiger partial charge in [0, 0.05) is 16.2 Å². The van der Waals surface area contributed by atoms with E-state index in [0.717, 1.165) is 10.2 Å². The number of aromatic nitrogens is 2. The fraction of sp³-hybridized carbons (Fsp3) is 0. The molecule has 0 saturated carbocycles. The number of nitrogens with two attached hydrogens (primary N) is 1. The zero-order valence-electron chi connectivity index (χ0n) is 8.42. The van der Waals surface area contributed by atoms with E-state index < -0.39 is 0 Å². The summed E-state index contributed by atoms with van der Waals surface area (Å²) >= 11 is 12.5. The van der Waals surface area contributed by atoms with Gasteiger partial charge in [0.15, 0.2) is 0 Å². The number of anilines is 3. The van der Waals surface area contributed by atoms with Gasteiger partial charge in [-0.2, -0.15) is 4.98 Å². The van der Waals surface area contributed by atoms with E-state index in [2.05, 4.69) is 47.1 Å². The first-order chi connectivity index (χ1) is 8.04. The van der Waals surface area contributed by atoms with Gasteiger partial charge in [0.1, 0.15) is 10.4 Å². The Hall–Kier alpha value is -0.850. The van der Waals surface area contributed by atoms with Crippen molar-refractivity contribution in [3.63, 3.8) is 0 Å².